The smallest absolute Gasteiger partial charge is 0.228 e. The van der Waals surface area contributed by atoms with Crippen molar-refractivity contribution in [3.05, 3.63) is 60.0 Å². The molecular weight excluding hydrogens is 283 g/mol. The van der Waals surface area contributed by atoms with Gasteiger partial charge < -0.3 is 15.0 Å². The molecule has 112 valence electrons. The average Bonchev–Trinajstić information content (AvgIpc) is 2.91. The first-order valence-electron chi connectivity index (χ1n) is 6.85. The van der Waals surface area contributed by atoms with E-state index in [1.165, 1.54) is 24.3 Å². The molecule has 3 rings (SSSR count). The van der Waals surface area contributed by atoms with Gasteiger partial charge in [-0.05, 0) is 48.0 Å². The first-order chi connectivity index (χ1) is 10.7. The summed E-state index contributed by atoms with van der Waals surface area (Å²) in [6, 6.07) is 11.4. The standard InChI is InChI=1S/C17H15FN2O2/c1-22-14-6-7-16-15(9-14)11(10-19-16)8-17(21)20-13-4-2-12(18)3-5-13/h2-7,9-10,19H,8H2,1H3,(H,20,21). The number of H-pyrrole nitrogens is 1. The molecule has 0 bridgehead atoms. The molecule has 0 radical (unpaired) electrons. The minimum Gasteiger partial charge on any atom is -0.497 e. The van der Waals surface area contributed by atoms with Gasteiger partial charge in [-0.2, -0.15) is 0 Å². The van der Waals surface area contributed by atoms with E-state index < -0.39 is 0 Å². The number of rotatable bonds is 4. The molecule has 0 fully saturated rings. The van der Waals surface area contributed by atoms with Gasteiger partial charge in [0, 0.05) is 22.8 Å². The predicted octanol–water partition coefficient (Wildman–Crippen LogP) is 3.50. The Balaban J connectivity index is 1.77. The highest BCUT2D eigenvalue weighted by atomic mass is 19.1. The van der Waals surface area contributed by atoms with Crippen molar-refractivity contribution in [2.45, 2.75) is 6.42 Å². The van der Waals surface area contributed by atoms with E-state index in [0.717, 1.165) is 22.2 Å². The van der Waals surface area contributed by atoms with Crippen molar-refractivity contribution in [2.75, 3.05) is 12.4 Å². The van der Waals surface area contributed by atoms with Gasteiger partial charge in [0.1, 0.15) is 11.6 Å². The summed E-state index contributed by atoms with van der Waals surface area (Å²) in [4.78, 5) is 15.2. The third-order valence-corrected chi connectivity index (χ3v) is 3.45. The van der Waals surface area contributed by atoms with Crippen molar-refractivity contribution in [1.82, 2.24) is 4.98 Å². The Morgan fingerprint density at radius 1 is 1.23 bits per heavy atom. The van der Waals surface area contributed by atoms with Crippen molar-refractivity contribution in [1.29, 1.82) is 0 Å². The number of nitrogens with one attached hydrogen (secondary N) is 2. The number of fused-ring (bicyclic) bond motifs is 1. The Morgan fingerprint density at radius 3 is 2.73 bits per heavy atom. The highest BCUT2D eigenvalue weighted by Crippen LogP contribution is 2.24. The van der Waals surface area contributed by atoms with E-state index in [1.807, 2.05) is 24.4 Å². The van der Waals surface area contributed by atoms with Gasteiger partial charge in [-0.3, -0.25) is 4.79 Å². The Morgan fingerprint density at radius 2 is 2.00 bits per heavy atom. The summed E-state index contributed by atoms with van der Waals surface area (Å²) in [5.74, 6) is 0.254. The monoisotopic (exact) mass is 298 g/mol. The molecule has 0 saturated carbocycles. The molecule has 0 aliphatic rings. The molecular formula is C17H15FN2O2. The number of methoxy groups -OCH3 is 1. The molecule has 0 saturated heterocycles. The number of amides is 1. The van der Waals surface area contributed by atoms with Gasteiger partial charge >= 0.3 is 0 Å². The fraction of sp³-hybridized carbons (Fsp3) is 0.118. The number of anilines is 1. The lowest BCUT2D eigenvalue weighted by Crippen LogP contribution is -2.14. The van der Waals surface area contributed by atoms with Crippen LogP contribution in [0.15, 0.2) is 48.7 Å². The number of aromatic nitrogens is 1. The third-order valence-electron chi connectivity index (χ3n) is 3.45. The van der Waals surface area contributed by atoms with E-state index in [0.29, 0.717) is 5.69 Å². The van der Waals surface area contributed by atoms with Crippen molar-refractivity contribution in [2.24, 2.45) is 0 Å². The molecule has 2 aromatic carbocycles. The SMILES string of the molecule is COc1ccc2[nH]cc(CC(=O)Nc3ccc(F)cc3)c2c1. The predicted molar refractivity (Wildman–Crippen MR) is 83.6 cm³/mol. The average molecular weight is 298 g/mol. The van der Waals surface area contributed by atoms with E-state index in [2.05, 4.69) is 10.3 Å². The first-order valence-corrected chi connectivity index (χ1v) is 6.85. The number of hydrogen-bond donors (Lipinski definition) is 2. The van der Waals surface area contributed by atoms with E-state index in [1.54, 1.807) is 7.11 Å². The maximum atomic E-state index is 12.8. The molecule has 0 unspecified atom stereocenters. The second-order valence-corrected chi connectivity index (χ2v) is 4.96. The Kier molecular flexibility index (Phi) is 3.78. The van der Waals surface area contributed by atoms with Crippen LogP contribution in [0.3, 0.4) is 0 Å². The molecule has 0 aliphatic heterocycles. The van der Waals surface area contributed by atoms with Crippen LogP contribution < -0.4 is 10.1 Å². The Bertz CT molecular complexity index is 809. The highest BCUT2D eigenvalue weighted by molar-refractivity contribution is 5.96. The summed E-state index contributed by atoms with van der Waals surface area (Å²) in [6.45, 7) is 0. The van der Waals surface area contributed by atoms with E-state index >= 15 is 0 Å². The number of ether oxygens (including phenoxy) is 1. The second-order valence-electron chi connectivity index (χ2n) is 4.96. The van der Waals surface area contributed by atoms with Gasteiger partial charge in [-0.1, -0.05) is 0 Å². The zero-order valence-electron chi connectivity index (χ0n) is 12.0. The lowest BCUT2D eigenvalue weighted by molar-refractivity contribution is -0.115. The van der Waals surface area contributed by atoms with Gasteiger partial charge in [-0.25, -0.2) is 4.39 Å². The number of carbonyl (C=O) groups excluding carboxylic acids is 1. The van der Waals surface area contributed by atoms with Crippen LogP contribution in [0.5, 0.6) is 5.75 Å². The van der Waals surface area contributed by atoms with Crippen LogP contribution in [0.2, 0.25) is 0 Å². The van der Waals surface area contributed by atoms with Crippen LogP contribution in [0.25, 0.3) is 10.9 Å². The largest absolute Gasteiger partial charge is 0.497 e. The summed E-state index contributed by atoms with van der Waals surface area (Å²) >= 11 is 0. The molecule has 1 aromatic heterocycles. The van der Waals surface area contributed by atoms with Crippen LogP contribution in [0, 0.1) is 5.82 Å². The van der Waals surface area contributed by atoms with Crippen molar-refractivity contribution >= 4 is 22.5 Å². The maximum absolute atomic E-state index is 12.8. The highest BCUT2D eigenvalue weighted by Gasteiger charge is 2.10. The van der Waals surface area contributed by atoms with Gasteiger partial charge in [0.2, 0.25) is 5.91 Å². The zero-order valence-corrected chi connectivity index (χ0v) is 12.0. The second kappa shape index (κ2) is 5.89. The third kappa shape index (κ3) is 2.93. The molecule has 0 aliphatic carbocycles. The van der Waals surface area contributed by atoms with E-state index in [4.69, 9.17) is 4.74 Å². The van der Waals surface area contributed by atoms with Crippen molar-refractivity contribution in [3.8, 4) is 5.75 Å². The lowest BCUT2D eigenvalue weighted by Gasteiger charge is -2.05. The summed E-state index contributed by atoms with van der Waals surface area (Å²) < 4.78 is 18.1. The minimum absolute atomic E-state index is 0.157. The first kappa shape index (κ1) is 14.1. The number of hydrogen-bond acceptors (Lipinski definition) is 2. The summed E-state index contributed by atoms with van der Waals surface area (Å²) in [7, 11) is 1.61. The van der Waals surface area contributed by atoms with Crippen LogP contribution in [-0.2, 0) is 11.2 Å². The van der Waals surface area contributed by atoms with Crippen LogP contribution in [0.1, 0.15) is 5.56 Å². The molecule has 0 spiro atoms. The van der Waals surface area contributed by atoms with E-state index in [9.17, 15) is 9.18 Å². The van der Waals surface area contributed by atoms with Crippen LogP contribution in [-0.4, -0.2) is 18.0 Å². The molecule has 5 heteroatoms. The molecule has 3 aromatic rings. The zero-order chi connectivity index (χ0) is 15.5. The van der Waals surface area contributed by atoms with Gasteiger partial charge in [-0.15, -0.1) is 0 Å². The lowest BCUT2D eigenvalue weighted by atomic mass is 10.1. The number of benzene rings is 2. The number of carbonyl (C=O) groups is 1. The van der Waals surface area contributed by atoms with Gasteiger partial charge in [0.25, 0.3) is 0 Å². The fourth-order valence-corrected chi connectivity index (χ4v) is 2.34. The quantitative estimate of drug-likeness (QED) is 0.774. The van der Waals surface area contributed by atoms with Crippen molar-refractivity contribution in [3.63, 3.8) is 0 Å². The Labute approximate surface area is 126 Å². The molecule has 4 nitrogen and oxygen atoms in total. The topological polar surface area (TPSA) is 54.1 Å². The number of aromatic amines is 1. The van der Waals surface area contributed by atoms with E-state index in [-0.39, 0.29) is 18.1 Å². The number of halogens is 1. The molecule has 1 heterocycles. The molecule has 22 heavy (non-hydrogen) atoms. The molecule has 1 amide bonds. The van der Waals surface area contributed by atoms with Gasteiger partial charge in [0.15, 0.2) is 0 Å². The Hall–Kier alpha value is -2.82. The summed E-state index contributed by atoms with van der Waals surface area (Å²) in [5.41, 5.74) is 2.41. The summed E-state index contributed by atoms with van der Waals surface area (Å²) in [6.07, 6.45) is 2.04. The molecule has 2 N–H and O–H groups in total. The summed E-state index contributed by atoms with van der Waals surface area (Å²) in [5, 5.41) is 3.70. The van der Waals surface area contributed by atoms with Crippen LogP contribution in [0.4, 0.5) is 10.1 Å². The maximum Gasteiger partial charge on any atom is 0.228 e. The normalized spacial score (nSPS) is 10.6. The minimum atomic E-state index is -0.332. The fourth-order valence-electron chi connectivity index (χ4n) is 2.34. The van der Waals surface area contributed by atoms with Gasteiger partial charge in [0.05, 0.1) is 13.5 Å². The van der Waals surface area contributed by atoms with Crippen molar-refractivity contribution < 1.29 is 13.9 Å². The molecule has 0 atom stereocenters. The van der Waals surface area contributed by atoms with Crippen LogP contribution >= 0.6 is 0 Å².